The summed E-state index contributed by atoms with van der Waals surface area (Å²) in [6, 6.07) is 7.50. The van der Waals surface area contributed by atoms with Gasteiger partial charge < -0.3 is 16.4 Å². The Kier molecular flexibility index (Phi) is 1.97. The van der Waals surface area contributed by atoms with E-state index in [-0.39, 0.29) is 0 Å². The molecule has 1 aromatic rings. The van der Waals surface area contributed by atoms with Gasteiger partial charge in [-0.2, -0.15) is 0 Å². The van der Waals surface area contributed by atoms with Crippen molar-refractivity contribution in [3.05, 3.63) is 18.2 Å². The molecule has 15 heavy (non-hydrogen) atoms. The van der Waals surface area contributed by atoms with Gasteiger partial charge in [-0.05, 0) is 37.8 Å². The lowest BCUT2D eigenvalue weighted by Crippen LogP contribution is -2.08. The summed E-state index contributed by atoms with van der Waals surface area (Å²) in [5, 5.41) is 6.91. The maximum absolute atomic E-state index is 6.11. The summed E-state index contributed by atoms with van der Waals surface area (Å²) < 4.78 is 0. The van der Waals surface area contributed by atoms with E-state index in [0.29, 0.717) is 12.1 Å². The predicted octanol–water partition coefficient (Wildman–Crippen LogP) is 2.42. The normalized spacial score (nSPS) is 20.0. The number of nitrogens with two attached hydrogens (primary N) is 1. The fourth-order valence-corrected chi connectivity index (χ4v) is 1.71. The number of hydrogen-bond donors (Lipinski definition) is 3. The molecule has 0 radical (unpaired) electrons. The van der Waals surface area contributed by atoms with Gasteiger partial charge in [0.25, 0.3) is 0 Å². The van der Waals surface area contributed by atoms with Crippen LogP contribution in [0.5, 0.6) is 0 Å². The van der Waals surface area contributed by atoms with Crippen LogP contribution in [0.15, 0.2) is 18.2 Å². The number of nitrogen functional groups attached to an aromatic ring is 1. The summed E-state index contributed by atoms with van der Waals surface area (Å²) in [7, 11) is 0. The van der Waals surface area contributed by atoms with Crippen molar-refractivity contribution in [3.8, 4) is 0 Å². The van der Waals surface area contributed by atoms with Crippen LogP contribution in [0.25, 0.3) is 0 Å². The monoisotopic (exact) mass is 203 g/mol. The molecule has 0 heterocycles. The summed E-state index contributed by atoms with van der Waals surface area (Å²) >= 11 is 0. The summed E-state index contributed by atoms with van der Waals surface area (Å²) in [4.78, 5) is 0. The Morgan fingerprint density at radius 2 is 1.40 bits per heavy atom. The molecule has 0 spiro atoms. The lowest BCUT2D eigenvalue weighted by Gasteiger charge is -2.13. The predicted molar refractivity (Wildman–Crippen MR) is 64.1 cm³/mol. The average Bonchev–Trinajstić information content (AvgIpc) is 3.06. The van der Waals surface area contributed by atoms with Crippen LogP contribution < -0.4 is 16.4 Å². The van der Waals surface area contributed by atoms with Crippen molar-refractivity contribution in [1.82, 2.24) is 0 Å². The van der Waals surface area contributed by atoms with E-state index in [1.54, 1.807) is 0 Å². The van der Waals surface area contributed by atoms with Crippen molar-refractivity contribution >= 4 is 17.1 Å². The van der Waals surface area contributed by atoms with Gasteiger partial charge in [0, 0.05) is 12.1 Å². The molecule has 80 valence electrons. The van der Waals surface area contributed by atoms with Gasteiger partial charge in [0.1, 0.15) is 0 Å². The van der Waals surface area contributed by atoms with Crippen LogP contribution >= 0.6 is 0 Å². The summed E-state index contributed by atoms with van der Waals surface area (Å²) in [6.07, 6.45) is 5.11. The van der Waals surface area contributed by atoms with Crippen LogP contribution in [0.1, 0.15) is 25.7 Å². The number of rotatable bonds is 4. The SMILES string of the molecule is Nc1c(NC2CC2)cccc1NC1CC1. The number of nitrogens with one attached hydrogen (secondary N) is 2. The first-order valence-electron chi connectivity index (χ1n) is 5.74. The summed E-state index contributed by atoms with van der Waals surface area (Å²) in [5.74, 6) is 0. The molecule has 3 rings (SSSR count). The molecule has 0 bridgehead atoms. The van der Waals surface area contributed by atoms with Gasteiger partial charge in [0.15, 0.2) is 0 Å². The second-order valence-electron chi connectivity index (χ2n) is 4.60. The lowest BCUT2D eigenvalue weighted by molar-refractivity contribution is 1.14. The highest BCUT2D eigenvalue weighted by molar-refractivity contribution is 5.80. The standard InChI is InChI=1S/C12H17N3/c13-12-10(14-8-4-5-8)2-1-3-11(12)15-9-6-7-9/h1-3,8-9,14-15H,4-7,13H2. The van der Waals surface area contributed by atoms with Crippen molar-refractivity contribution in [2.24, 2.45) is 0 Å². The third kappa shape index (κ3) is 2.01. The molecule has 2 aliphatic rings. The fraction of sp³-hybridized carbons (Fsp3) is 0.500. The van der Waals surface area contributed by atoms with E-state index in [1.807, 2.05) is 0 Å². The van der Waals surface area contributed by atoms with E-state index in [9.17, 15) is 0 Å². The third-order valence-corrected chi connectivity index (χ3v) is 2.98. The lowest BCUT2D eigenvalue weighted by atomic mass is 10.2. The molecule has 1 aromatic carbocycles. The Morgan fingerprint density at radius 3 is 1.80 bits per heavy atom. The molecule has 0 amide bonds. The average molecular weight is 203 g/mol. The van der Waals surface area contributed by atoms with Crippen LogP contribution in [-0.2, 0) is 0 Å². The second-order valence-corrected chi connectivity index (χ2v) is 4.60. The molecule has 3 heteroatoms. The van der Waals surface area contributed by atoms with Gasteiger partial charge >= 0.3 is 0 Å². The topological polar surface area (TPSA) is 50.1 Å². The number of benzene rings is 1. The molecular formula is C12H17N3. The van der Waals surface area contributed by atoms with E-state index in [1.165, 1.54) is 25.7 Å². The molecule has 3 nitrogen and oxygen atoms in total. The minimum atomic E-state index is 0.656. The van der Waals surface area contributed by atoms with E-state index in [4.69, 9.17) is 5.73 Å². The van der Waals surface area contributed by atoms with E-state index < -0.39 is 0 Å². The van der Waals surface area contributed by atoms with Gasteiger partial charge in [-0.3, -0.25) is 0 Å². The number of hydrogen-bond acceptors (Lipinski definition) is 3. The van der Waals surface area contributed by atoms with E-state index in [0.717, 1.165) is 17.1 Å². The zero-order chi connectivity index (χ0) is 10.3. The zero-order valence-electron chi connectivity index (χ0n) is 8.79. The minimum absolute atomic E-state index is 0.656. The van der Waals surface area contributed by atoms with Gasteiger partial charge in [-0.25, -0.2) is 0 Å². The summed E-state index contributed by atoms with van der Waals surface area (Å²) in [6.45, 7) is 0. The zero-order valence-corrected chi connectivity index (χ0v) is 8.79. The van der Waals surface area contributed by atoms with Gasteiger partial charge in [0.2, 0.25) is 0 Å². The Labute approximate surface area is 90.0 Å². The van der Waals surface area contributed by atoms with Gasteiger partial charge in [0.05, 0.1) is 17.1 Å². The van der Waals surface area contributed by atoms with Crippen molar-refractivity contribution in [3.63, 3.8) is 0 Å². The largest absolute Gasteiger partial charge is 0.395 e. The fourth-order valence-electron chi connectivity index (χ4n) is 1.71. The smallest absolute Gasteiger partial charge is 0.0785 e. The van der Waals surface area contributed by atoms with Crippen LogP contribution in [0.2, 0.25) is 0 Å². The number of para-hydroxylation sites is 1. The molecule has 2 aliphatic carbocycles. The maximum atomic E-state index is 6.11. The molecule has 4 N–H and O–H groups in total. The molecule has 2 saturated carbocycles. The minimum Gasteiger partial charge on any atom is -0.395 e. The van der Waals surface area contributed by atoms with Crippen molar-refractivity contribution in [2.45, 2.75) is 37.8 Å². The van der Waals surface area contributed by atoms with Crippen molar-refractivity contribution in [1.29, 1.82) is 0 Å². The Morgan fingerprint density at radius 1 is 0.933 bits per heavy atom. The molecule has 0 aliphatic heterocycles. The van der Waals surface area contributed by atoms with Crippen molar-refractivity contribution < 1.29 is 0 Å². The maximum Gasteiger partial charge on any atom is 0.0785 e. The Bertz CT molecular complexity index is 335. The highest BCUT2D eigenvalue weighted by Crippen LogP contribution is 2.34. The quantitative estimate of drug-likeness (QED) is 0.659. The highest BCUT2D eigenvalue weighted by Gasteiger charge is 2.24. The third-order valence-electron chi connectivity index (χ3n) is 2.98. The molecule has 0 unspecified atom stereocenters. The molecular weight excluding hydrogens is 186 g/mol. The van der Waals surface area contributed by atoms with Gasteiger partial charge in [-0.15, -0.1) is 0 Å². The number of anilines is 3. The first kappa shape index (κ1) is 8.89. The van der Waals surface area contributed by atoms with Gasteiger partial charge in [-0.1, -0.05) is 6.07 Å². The Hall–Kier alpha value is -1.38. The van der Waals surface area contributed by atoms with Crippen LogP contribution in [0.3, 0.4) is 0 Å². The second kappa shape index (κ2) is 3.33. The molecule has 0 atom stereocenters. The summed E-state index contributed by atoms with van der Waals surface area (Å²) in [5.41, 5.74) is 9.15. The molecule has 0 saturated heterocycles. The van der Waals surface area contributed by atoms with Crippen molar-refractivity contribution in [2.75, 3.05) is 16.4 Å². The molecule has 0 aromatic heterocycles. The van der Waals surface area contributed by atoms with Crippen LogP contribution in [0.4, 0.5) is 17.1 Å². The van der Waals surface area contributed by atoms with Crippen LogP contribution in [-0.4, -0.2) is 12.1 Å². The van der Waals surface area contributed by atoms with Crippen LogP contribution in [0, 0.1) is 0 Å². The first-order valence-corrected chi connectivity index (χ1v) is 5.74. The van der Waals surface area contributed by atoms with E-state index in [2.05, 4.69) is 28.8 Å². The molecule has 2 fully saturated rings. The Balaban J connectivity index is 1.79. The van der Waals surface area contributed by atoms with E-state index >= 15 is 0 Å². The first-order chi connectivity index (χ1) is 7.33. The highest BCUT2D eigenvalue weighted by atomic mass is 15.0.